The predicted octanol–water partition coefficient (Wildman–Crippen LogP) is 3.02. The number of aromatic nitrogens is 3. The summed E-state index contributed by atoms with van der Waals surface area (Å²) in [6.45, 7) is 6.17. The number of hydrogen-bond acceptors (Lipinski definition) is 6. The number of piperidine rings is 1. The Kier molecular flexibility index (Phi) is 5.23. The molecule has 1 aliphatic rings. The molecule has 1 aromatic carbocycles. The summed E-state index contributed by atoms with van der Waals surface area (Å²) in [5, 5.41) is 7.94. The van der Waals surface area contributed by atoms with Gasteiger partial charge in [0.25, 0.3) is 5.71 Å². The number of fused-ring (bicyclic) bond motifs is 1. The van der Waals surface area contributed by atoms with Gasteiger partial charge in [-0.15, -0.1) is 0 Å². The minimum Gasteiger partial charge on any atom is -0.356 e. The summed E-state index contributed by atoms with van der Waals surface area (Å²) in [6.07, 6.45) is 4.13. The molecule has 0 aliphatic carbocycles. The zero-order chi connectivity index (χ0) is 19.5. The Labute approximate surface area is 164 Å². The number of carbonyl (C=O) groups excluding carboxylic acids is 1. The highest BCUT2D eigenvalue weighted by Crippen LogP contribution is 2.29. The van der Waals surface area contributed by atoms with Crippen molar-refractivity contribution in [1.29, 1.82) is 0 Å². The van der Waals surface area contributed by atoms with Crippen molar-refractivity contribution in [2.75, 3.05) is 18.0 Å². The van der Waals surface area contributed by atoms with E-state index in [0.29, 0.717) is 12.3 Å². The number of benzene rings is 1. The largest absolute Gasteiger partial charge is 0.356 e. The standard InChI is InChI=1S/C21H25N5O2/c1-3-15-4-6-16(7-5-15)12-22-20(27)17-8-10-26(11-9-17)19-18-14(2)25-28-21(18)24-13-23-19/h4-7,13,17H,3,8-12H2,1-2H3,(H,22,27). The van der Waals surface area contributed by atoms with E-state index in [0.717, 1.165) is 54.8 Å². The number of rotatable bonds is 5. The first-order chi connectivity index (χ1) is 13.7. The van der Waals surface area contributed by atoms with Gasteiger partial charge in [-0.25, -0.2) is 4.98 Å². The monoisotopic (exact) mass is 379 g/mol. The van der Waals surface area contributed by atoms with Crippen LogP contribution in [0.3, 0.4) is 0 Å². The number of anilines is 1. The van der Waals surface area contributed by atoms with Gasteiger partial charge in [0.05, 0.1) is 5.69 Å². The average Bonchev–Trinajstić information content (AvgIpc) is 3.13. The highest BCUT2D eigenvalue weighted by molar-refractivity contribution is 5.88. The van der Waals surface area contributed by atoms with Crippen LogP contribution in [0.2, 0.25) is 0 Å². The maximum absolute atomic E-state index is 12.6. The molecular formula is C21H25N5O2. The molecule has 0 bridgehead atoms. The van der Waals surface area contributed by atoms with E-state index in [1.165, 1.54) is 11.9 Å². The van der Waals surface area contributed by atoms with Gasteiger partial charge in [-0.05, 0) is 37.3 Å². The van der Waals surface area contributed by atoms with Gasteiger partial charge in [-0.2, -0.15) is 4.98 Å². The van der Waals surface area contributed by atoms with Crippen LogP contribution in [0.1, 0.15) is 36.6 Å². The van der Waals surface area contributed by atoms with Crippen LogP contribution in [0.15, 0.2) is 35.1 Å². The van der Waals surface area contributed by atoms with Crippen LogP contribution in [-0.2, 0) is 17.8 Å². The maximum atomic E-state index is 12.6. The van der Waals surface area contributed by atoms with Crippen molar-refractivity contribution in [3.05, 3.63) is 47.4 Å². The van der Waals surface area contributed by atoms with Crippen LogP contribution in [0.25, 0.3) is 11.1 Å². The molecule has 4 rings (SSSR count). The molecule has 1 fully saturated rings. The van der Waals surface area contributed by atoms with Gasteiger partial charge in [0.15, 0.2) is 0 Å². The van der Waals surface area contributed by atoms with Crippen LogP contribution in [0.4, 0.5) is 5.82 Å². The number of hydrogen-bond donors (Lipinski definition) is 1. The third kappa shape index (κ3) is 3.69. The molecule has 0 unspecified atom stereocenters. The van der Waals surface area contributed by atoms with Crippen molar-refractivity contribution < 1.29 is 9.32 Å². The number of nitrogens with one attached hydrogen (secondary N) is 1. The topological polar surface area (TPSA) is 84.2 Å². The summed E-state index contributed by atoms with van der Waals surface area (Å²) >= 11 is 0. The highest BCUT2D eigenvalue weighted by atomic mass is 16.5. The summed E-state index contributed by atoms with van der Waals surface area (Å²) < 4.78 is 5.24. The molecule has 0 spiro atoms. The Morgan fingerprint density at radius 2 is 1.89 bits per heavy atom. The van der Waals surface area contributed by atoms with Gasteiger partial charge >= 0.3 is 0 Å². The summed E-state index contributed by atoms with van der Waals surface area (Å²) in [5.41, 5.74) is 3.75. The fourth-order valence-corrected chi connectivity index (χ4v) is 3.72. The second kappa shape index (κ2) is 7.96. The number of amides is 1. The van der Waals surface area contributed by atoms with E-state index >= 15 is 0 Å². The first-order valence-corrected chi connectivity index (χ1v) is 9.83. The van der Waals surface area contributed by atoms with E-state index in [9.17, 15) is 4.79 Å². The molecule has 7 heteroatoms. The van der Waals surface area contributed by atoms with E-state index in [2.05, 4.69) is 56.5 Å². The Hall–Kier alpha value is -2.96. The predicted molar refractivity (Wildman–Crippen MR) is 107 cm³/mol. The lowest BCUT2D eigenvalue weighted by atomic mass is 9.95. The molecule has 0 atom stereocenters. The number of aryl methyl sites for hydroxylation is 2. The Bertz CT molecular complexity index is 959. The summed E-state index contributed by atoms with van der Waals surface area (Å²) in [5.74, 6) is 1.01. The van der Waals surface area contributed by atoms with E-state index in [1.807, 2.05) is 6.92 Å². The summed E-state index contributed by atoms with van der Waals surface area (Å²) in [7, 11) is 0. The van der Waals surface area contributed by atoms with Crippen molar-refractivity contribution in [1.82, 2.24) is 20.4 Å². The van der Waals surface area contributed by atoms with E-state index in [-0.39, 0.29) is 11.8 Å². The zero-order valence-electron chi connectivity index (χ0n) is 16.3. The lowest BCUT2D eigenvalue weighted by Crippen LogP contribution is -2.40. The van der Waals surface area contributed by atoms with Crippen molar-refractivity contribution in [2.24, 2.45) is 5.92 Å². The summed E-state index contributed by atoms with van der Waals surface area (Å²) in [4.78, 5) is 23.3. The first-order valence-electron chi connectivity index (χ1n) is 9.83. The van der Waals surface area contributed by atoms with Crippen LogP contribution >= 0.6 is 0 Å². The molecule has 2 aromatic heterocycles. The fraction of sp³-hybridized carbons (Fsp3) is 0.429. The van der Waals surface area contributed by atoms with Gasteiger partial charge in [0, 0.05) is 25.6 Å². The van der Waals surface area contributed by atoms with Gasteiger partial charge < -0.3 is 14.7 Å². The van der Waals surface area contributed by atoms with Crippen LogP contribution < -0.4 is 10.2 Å². The molecule has 0 saturated carbocycles. The smallest absolute Gasteiger partial charge is 0.263 e. The Balaban J connectivity index is 1.34. The maximum Gasteiger partial charge on any atom is 0.263 e. The Morgan fingerprint density at radius 3 is 2.61 bits per heavy atom. The molecule has 146 valence electrons. The van der Waals surface area contributed by atoms with Crippen LogP contribution in [0.5, 0.6) is 0 Å². The Morgan fingerprint density at radius 1 is 1.18 bits per heavy atom. The molecule has 3 aromatic rings. The fourth-order valence-electron chi connectivity index (χ4n) is 3.72. The number of nitrogens with zero attached hydrogens (tertiary/aromatic N) is 4. The van der Waals surface area contributed by atoms with Crippen molar-refractivity contribution in [2.45, 2.75) is 39.7 Å². The third-order valence-electron chi connectivity index (χ3n) is 5.49. The second-order valence-corrected chi connectivity index (χ2v) is 7.29. The lowest BCUT2D eigenvalue weighted by Gasteiger charge is -2.32. The molecule has 1 N–H and O–H groups in total. The molecule has 1 aliphatic heterocycles. The molecule has 1 saturated heterocycles. The van der Waals surface area contributed by atoms with E-state index in [4.69, 9.17) is 4.52 Å². The van der Waals surface area contributed by atoms with Gasteiger partial charge in [0.1, 0.15) is 17.5 Å². The quantitative estimate of drug-likeness (QED) is 0.734. The second-order valence-electron chi connectivity index (χ2n) is 7.29. The first kappa shape index (κ1) is 18.4. The van der Waals surface area contributed by atoms with E-state index < -0.39 is 0 Å². The lowest BCUT2D eigenvalue weighted by molar-refractivity contribution is -0.125. The summed E-state index contributed by atoms with van der Waals surface area (Å²) in [6, 6.07) is 8.41. The SMILES string of the molecule is CCc1ccc(CNC(=O)C2CCN(c3ncnc4onc(C)c34)CC2)cc1. The van der Waals surface area contributed by atoms with Crippen LogP contribution in [-0.4, -0.2) is 34.1 Å². The molecule has 28 heavy (non-hydrogen) atoms. The minimum atomic E-state index is 0.0343. The number of carbonyl (C=O) groups is 1. The highest BCUT2D eigenvalue weighted by Gasteiger charge is 2.27. The molecule has 7 nitrogen and oxygen atoms in total. The average molecular weight is 379 g/mol. The minimum absolute atomic E-state index is 0.0343. The van der Waals surface area contributed by atoms with E-state index in [1.54, 1.807) is 0 Å². The molecule has 0 radical (unpaired) electrons. The van der Waals surface area contributed by atoms with Gasteiger partial charge in [-0.3, -0.25) is 4.79 Å². The van der Waals surface area contributed by atoms with Gasteiger partial charge in [-0.1, -0.05) is 36.3 Å². The normalized spacial score (nSPS) is 15.1. The van der Waals surface area contributed by atoms with Crippen molar-refractivity contribution in [3.63, 3.8) is 0 Å². The van der Waals surface area contributed by atoms with Gasteiger partial charge in [0.2, 0.25) is 5.91 Å². The molecule has 1 amide bonds. The van der Waals surface area contributed by atoms with Crippen LogP contribution in [0, 0.1) is 12.8 Å². The van der Waals surface area contributed by atoms with Crippen molar-refractivity contribution >= 4 is 22.8 Å². The molecule has 3 heterocycles. The molecular weight excluding hydrogens is 354 g/mol. The third-order valence-corrected chi connectivity index (χ3v) is 5.49. The van der Waals surface area contributed by atoms with Crippen molar-refractivity contribution in [3.8, 4) is 0 Å². The zero-order valence-corrected chi connectivity index (χ0v) is 16.3.